The highest BCUT2D eigenvalue weighted by Gasteiger charge is 2.39. The minimum atomic E-state index is -1.19. The average molecular weight is 524 g/mol. The average Bonchev–Trinajstić information content (AvgIpc) is 2.84. The third kappa shape index (κ3) is 18.0. The number of hydrogen-bond donors (Lipinski definition) is 0. The first-order chi connectivity index (χ1) is 17.2. The summed E-state index contributed by atoms with van der Waals surface area (Å²) in [6.07, 6.45) is 0.604. The maximum Gasteiger partial charge on any atom is 0.311 e. The van der Waals surface area contributed by atoms with Crippen molar-refractivity contribution in [3.63, 3.8) is 0 Å². The molecule has 0 saturated heterocycles. The van der Waals surface area contributed by atoms with Crippen LogP contribution in [0.1, 0.15) is 40.5 Å². The molecule has 0 aromatic carbocycles. The minimum absolute atomic E-state index is 0.0937. The summed E-state index contributed by atoms with van der Waals surface area (Å²) in [4.78, 5) is 23.7. The summed E-state index contributed by atoms with van der Waals surface area (Å²) in [6, 6.07) is 0. The van der Waals surface area contributed by atoms with Crippen molar-refractivity contribution in [2.45, 2.75) is 40.5 Å². The van der Waals surface area contributed by atoms with Crippen molar-refractivity contribution in [2.24, 2.45) is 10.8 Å². The van der Waals surface area contributed by atoms with Crippen molar-refractivity contribution in [1.82, 2.24) is 0 Å². The highest BCUT2D eigenvalue weighted by atomic mass is 16.6. The van der Waals surface area contributed by atoms with Gasteiger partial charge in [-0.25, -0.2) is 0 Å². The van der Waals surface area contributed by atoms with Gasteiger partial charge in [0.15, 0.2) is 0 Å². The maximum atomic E-state index is 12.4. The Hall–Kier alpha value is -1.34. The Morgan fingerprint density at radius 1 is 0.611 bits per heavy atom. The number of carboxylic acid groups (broad SMARTS) is 1. The van der Waals surface area contributed by atoms with Gasteiger partial charge in [0.25, 0.3) is 0 Å². The molecule has 11 heteroatoms. The molecule has 0 N–H and O–H groups in total. The smallest absolute Gasteiger partial charge is 0.311 e. The van der Waals surface area contributed by atoms with Crippen molar-refractivity contribution >= 4 is 11.9 Å². The van der Waals surface area contributed by atoms with Gasteiger partial charge in [-0.2, -0.15) is 0 Å². The zero-order valence-electron chi connectivity index (χ0n) is 22.8. The molecule has 1 unspecified atom stereocenters. The van der Waals surface area contributed by atoms with Gasteiger partial charge in [0.1, 0.15) is 6.61 Å². The molecule has 0 saturated carbocycles. The molecule has 1 atom stereocenters. The Bertz CT molecular complexity index is 556. The van der Waals surface area contributed by atoms with E-state index in [9.17, 15) is 14.7 Å². The van der Waals surface area contributed by atoms with Gasteiger partial charge >= 0.3 is 5.97 Å². The largest absolute Gasteiger partial charge is 0.550 e. The van der Waals surface area contributed by atoms with Gasteiger partial charge in [-0.05, 0) is 19.8 Å². The van der Waals surface area contributed by atoms with Crippen LogP contribution in [0.2, 0.25) is 0 Å². The molecular weight excluding hydrogens is 476 g/mol. The van der Waals surface area contributed by atoms with E-state index in [1.54, 1.807) is 27.9 Å². The number of carbonyl (C=O) groups is 2. The van der Waals surface area contributed by atoms with Crippen molar-refractivity contribution in [3.05, 3.63) is 0 Å². The topological polar surface area (TPSA) is 131 Å². The first-order valence-corrected chi connectivity index (χ1v) is 12.5. The summed E-state index contributed by atoms with van der Waals surface area (Å²) in [5.41, 5.74) is -2.02. The summed E-state index contributed by atoms with van der Waals surface area (Å²) < 4.78 is 42.5. The second-order valence-electron chi connectivity index (χ2n) is 9.07. The van der Waals surface area contributed by atoms with E-state index in [1.165, 1.54) is 0 Å². The minimum Gasteiger partial charge on any atom is -0.550 e. The van der Waals surface area contributed by atoms with Gasteiger partial charge in [-0.1, -0.05) is 20.8 Å². The van der Waals surface area contributed by atoms with Crippen molar-refractivity contribution in [2.75, 3.05) is 99.6 Å². The number of ether oxygens (including phenoxy) is 8. The molecule has 0 amide bonds. The fourth-order valence-electron chi connectivity index (χ4n) is 3.10. The lowest BCUT2D eigenvalue weighted by Crippen LogP contribution is -2.44. The van der Waals surface area contributed by atoms with E-state index in [1.807, 2.05) is 6.92 Å². The predicted octanol–water partition coefficient (Wildman–Crippen LogP) is 0.858. The number of methoxy groups -OCH3 is 1. The third-order valence-electron chi connectivity index (χ3n) is 5.41. The van der Waals surface area contributed by atoms with Crippen LogP contribution < -0.4 is 5.11 Å². The van der Waals surface area contributed by atoms with Crippen LogP contribution in [0.25, 0.3) is 0 Å². The number of carboxylic acids is 1. The predicted molar refractivity (Wildman–Crippen MR) is 130 cm³/mol. The molecule has 0 fully saturated rings. The number of hydrogen-bond acceptors (Lipinski definition) is 11. The van der Waals surface area contributed by atoms with Crippen molar-refractivity contribution in [1.29, 1.82) is 0 Å². The Morgan fingerprint density at radius 2 is 0.944 bits per heavy atom. The van der Waals surface area contributed by atoms with E-state index in [4.69, 9.17) is 37.9 Å². The number of aliphatic carboxylic acids is 1. The molecule has 0 aliphatic rings. The molecule has 0 rings (SSSR count). The van der Waals surface area contributed by atoms with Crippen LogP contribution in [0.3, 0.4) is 0 Å². The van der Waals surface area contributed by atoms with Crippen LogP contribution >= 0.6 is 0 Å². The first-order valence-electron chi connectivity index (χ1n) is 12.5. The van der Waals surface area contributed by atoms with Gasteiger partial charge in [0.05, 0.1) is 91.3 Å². The van der Waals surface area contributed by atoms with Crippen molar-refractivity contribution in [3.8, 4) is 0 Å². The van der Waals surface area contributed by atoms with Gasteiger partial charge < -0.3 is 47.8 Å². The number of carbonyl (C=O) groups excluding carboxylic acids is 2. The third-order valence-corrected chi connectivity index (χ3v) is 5.41. The number of rotatable bonds is 26. The van der Waals surface area contributed by atoms with Crippen LogP contribution in [-0.4, -0.2) is 112 Å². The van der Waals surface area contributed by atoms with E-state index < -0.39 is 22.8 Å². The Labute approximate surface area is 216 Å². The van der Waals surface area contributed by atoms with Gasteiger partial charge in [-0.3, -0.25) is 4.79 Å². The maximum absolute atomic E-state index is 12.4. The molecule has 0 bridgehead atoms. The van der Waals surface area contributed by atoms with Crippen LogP contribution in [-0.2, 0) is 47.5 Å². The highest BCUT2D eigenvalue weighted by molar-refractivity contribution is 5.78. The molecule has 0 aliphatic carbocycles. The van der Waals surface area contributed by atoms with Crippen LogP contribution in [0, 0.1) is 10.8 Å². The zero-order chi connectivity index (χ0) is 27.1. The quantitative estimate of drug-likeness (QED) is 0.118. The molecular formula is C25H47O11-. The van der Waals surface area contributed by atoms with E-state index in [2.05, 4.69) is 0 Å². The molecule has 0 aromatic rings. The Kier molecular flexibility index (Phi) is 20.9. The van der Waals surface area contributed by atoms with Gasteiger partial charge in [-0.15, -0.1) is 0 Å². The van der Waals surface area contributed by atoms with Crippen LogP contribution in [0.5, 0.6) is 0 Å². The summed E-state index contributed by atoms with van der Waals surface area (Å²) in [5.74, 6) is -1.62. The Morgan fingerprint density at radius 3 is 1.25 bits per heavy atom. The lowest BCUT2D eigenvalue weighted by molar-refractivity contribution is -0.318. The highest BCUT2D eigenvalue weighted by Crippen LogP contribution is 2.37. The SMILES string of the molecule is CCC(C)(CC(C)(C)C(=O)[O-])C(=O)OCCOCCOCCOCCOCCOCCOCCOC. The van der Waals surface area contributed by atoms with Gasteiger partial charge in [0, 0.05) is 18.5 Å². The second-order valence-corrected chi connectivity index (χ2v) is 9.07. The molecule has 0 heterocycles. The van der Waals surface area contributed by atoms with Crippen LogP contribution in [0.15, 0.2) is 0 Å². The standard InChI is InChI=1S/C25H48O11/c1-6-25(4,21-24(2,3)22(26)27)23(28)36-20-19-35-18-17-34-16-15-33-14-13-32-12-11-31-10-9-30-8-7-29-5/h6-21H2,1-5H3,(H,26,27)/p-1. The second kappa shape index (κ2) is 21.7. The molecule has 0 aliphatic heterocycles. The summed E-state index contributed by atoms with van der Waals surface area (Å²) >= 11 is 0. The van der Waals surface area contributed by atoms with Crippen molar-refractivity contribution < 1.29 is 52.6 Å². The lowest BCUT2D eigenvalue weighted by atomic mass is 9.72. The van der Waals surface area contributed by atoms with E-state index in [0.29, 0.717) is 85.7 Å². The normalized spacial score (nSPS) is 13.5. The monoisotopic (exact) mass is 523 g/mol. The summed E-state index contributed by atoms with van der Waals surface area (Å²) in [6.45, 7) is 12.8. The lowest BCUT2D eigenvalue weighted by Gasteiger charge is -2.35. The van der Waals surface area contributed by atoms with E-state index in [-0.39, 0.29) is 19.6 Å². The number of esters is 1. The molecule has 11 nitrogen and oxygen atoms in total. The molecule has 0 spiro atoms. The van der Waals surface area contributed by atoms with Gasteiger partial charge in [0.2, 0.25) is 0 Å². The Balaban J connectivity index is 3.51. The molecule has 0 radical (unpaired) electrons. The van der Waals surface area contributed by atoms with E-state index >= 15 is 0 Å². The summed E-state index contributed by atoms with van der Waals surface area (Å²) in [5, 5.41) is 11.3. The zero-order valence-corrected chi connectivity index (χ0v) is 22.8. The summed E-state index contributed by atoms with van der Waals surface area (Å²) in [7, 11) is 1.63. The van der Waals surface area contributed by atoms with Crippen LogP contribution in [0.4, 0.5) is 0 Å². The molecule has 0 aromatic heterocycles. The first kappa shape index (κ1) is 34.7. The fourth-order valence-corrected chi connectivity index (χ4v) is 3.10. The molecule has 36 heavy (non-hydrogen) atoms. The molecule has 214 valence electrons. The van der Waals surface area contributed by atoms with E-state index in [0.717, 1.165) is 0 Å². The fraction of sp³-hybridized carbons (Fsp3) is 0.920.